The minimum absolute atomic E-state index is 0. The molecule has 1 fully saturated rings. The van der Waals surface area contributed by atoms with E-state index < -0.39 is 66.0 Å². The molecule has 0 aliphatic heterocycles. The first-order valence-corrected chi connectivity index (χ1v) is 12.8. The van der Waals surface area contributed by atoms with E-state index in [1.165, 1.54) is 0 Å². The number of aliphatic hydroxyl groups is 3. The van der Waals surface area contributed by atoms with Gasteiger partial charge in [0.2, 0.25) is 0 Å². The Morgan fingerprint density at radius 1 is 0.750 bits per heavy atom. The summed E-state index contributed by atoms with van der Waals surface area (Å²) in [6, 6.07) is 0. The lowest BCUT2D eigenvalue weighted by atomic mass is 9.72. The first kappa shape index (κ1) is 36.7. The highest BCUT2D eigenvalue weighted by molar-refractivity contribution is 7.46. The predicted molar refractivity (Wildman–Crippen MR) is 107 cm³/mol. The molecule has 1 aliphatic carbocycles. The number of unbranched alkanes of at least 4 members (excludes halogenated alkanes) is 2. The van der Waals surface area contributed by atoms with Crippen molar-refractivity contribution in [1.82, 2.24) is 18.5 Å². The summed E-state index contributed by atoms with van der Waals surface area (Å²) in [6.45, 7) is 1.74. The zero-order valence-corrected chi connectivity index (χ0v) is 19.8. The van der Waals surface area contributed by atoms with Crippen molar-refractivity contribution in [3.05, 3.63) is 0 Å². The fourth-order valence-electron chi connectivity index (χ4n) is 3.20. The van der Waals surface area contributed by atoms with Crippen LogP contribution in [-0.4, -0.2) is 80.8 Å². The Labute approximate surface area is 183 Å². The summed E-state index contributed by atoms with van der Waals surface area (Å²) >= 11 is 0. The fourth-order valence-corrected chi connectivity index (χ4v) is 5.11. The number of phosphoric ester groups is 3. The number of hydrogen-bond acceptors (Lipinski definition) is 12. The molecule has 0 saturated heterocycles. The maximum Gasteiger partial charge on any atom is 0.470 e. The minimum atomic E-state index is -5.52. The SMILES string of the molecule is CCCCC[C@]1(OP(=O)(O)O)[C@H](OP(=O)(O)O)[C@@H](O)[C@H](OP(=O)(O)O)[C@H](O)[C@@H]1O.N.N.N. The molecule has 0 heterocycles. The average molecular weight is 541 g/mol. The molecule has 198 valence electrons. The molecule has 0 aromatic carbocycles. The van der Waals surface area contributed by atoms with Crippen LogP contribution < -0.4 is 18.5 Å². The maximum atomic E-state index is 11.5. The van der Waals surface area contributed by atoms with Crippen LogP contribution in [0.3, 0.4) is 0 Å². The van der Waals surface area contributed by atoms with E-state index in [0.29, 0.717) is 12.8 Å². The van der Waals surface area contributed by atoms with E-state index in [9.17, 15) is 38.8 Å². The number of hydrogen-bond donors (Lipinski definition) is 12. The van der Waals surface area contributed by atoms with Crippen molar-refractivity contribution in [3.63, 3.8) is 0 Å². The third-order valence-corrected chi connectivity index (χ3v) is 5.86. The second-order valence-electron chi connectivity index (χ2n) is 6.50. The largest absolute Gasteiger partial charge is 0.470 e. The Morgan fingerprint density at radius 3 is 1.59 bits per heavy atom. The molecular weight excluding hydrogens is 507 g/mol. The molecule has 0 unspecified atom stereocenters. The van der Waals surface area contributed by atoms with Crippen molar-refractivity contribution >= 4 is 23.5 Å². The normalized spacial score (nSPS) is 31.1. The lowest BCUT2D eigenvalue weighted by Crippen LogP contribution is -2.72. The third-order valence-electron chi connectivity index (χ3n) is 4.26. The Kier molecular flexibility index (Phi) is 15.2. The molecule has 1 aliphatic rings. The van der Waals surface area contributed by atoms with Crippen molar-refractivity contribution < 1.29 is 71.9 Å². The summed E-state index contributed by atoms with van der Waals surface area (Å²) < 4.78 is 47.2. The van der Waals surface area contributed by atoms with Crippen LogP contribution in [0.15, 0.2) is 0 Å². The summed E-state index contributed by atoms with van der Waals surface area (Å²) in [4.78, 5) is 54.7. The van der Waals surface area contributed by atoms with Crippen LogP contribution in [0.5, 0.6) is 0 Å². The molecule has 0 radical (unpaired) electrons. The van der Waals surface area contributed by atoms with Crippen LogP contribution in [0.25, 0.3) is 0 Å². The van der Waals surface area contributed by atoms with Crippen molar-refractivity contribution in [2.75, 3.05) is 0 Å². The lowest BCUT2D eigenvalue weighted by molar-refractivity contribution is -0.257. The Morgan fingerprint density at radius 2 is 1.22 bits per heavy atom. The van der Waals surface area contributed by atoms with Crippen LogP contribution in [0.1, 0.15) is 32.6 Å². The van der Waals surface area contributed by atoms with E-state index in [1.807, 2.05) is 0 Å². The highest BCUT2D eigenvalue weighted by Crippen LogP contribution is 2.55. The van der Waals surface area contributed by atoms with E-state index in [4.69, 9.17) is 19.6 Å². The van der Waals surface area contributed by atoms with Gasteiger partial charge in [-0.05, 0) is 6.42 Å². The van der Waals surface area contributed by atoms with Gasteiger partial charge >= 0.3 is 23.5 Å². The highest BCUT2D eigenvalue weighted by atomic mass is 31.2. The molecule has 1 rings (SSSR count). The molecule has 18 N–H and O–H groups in total. The van der Waals surface area contributed by atoms with Crippen LogP contribution >= 0.6 is 23.5 Å². The van der Waals surface area contributed by atoms with Gasteiger partial charge in [-0.15, -0.1) is 0 Å². The van der Waals surface area contributed by atoms with Crippen molar-refractivity contribution in [2.24, 2.45) is 0 Å². The van der Waals surface area contributed by atoms with Gasteiger partial charge in [-0.25, -0.2) is 13.7 Å². The molecule has 0 spiro atoms. The van der Waals surface area contributed by atoms with E-state index in [0.717, 1.165) is 0 Å². The zero-order valence-electron chi connectivity index (χ0n) is 17.2. The van der Waals surface area contributed by atoms with Gasteiger partial charge in [0.1, 0.15) is 36.1 Å². The quantitative estimate of drug-likeness (QED) is 0.116. The lowest BCUT2D eigenvalue weighted by Gasteiger charge is -2.52. The van der Waals surface area contributed by atoms with E-state index in [-0.39, 0.29) is 24.9 Å². The smallest absolute Gasteiger partial charge is 0.387 e. The van der Waals surface area contributed by atoms with Crippen LogP contribution in [-0.2, 0) is 27.3 Å². The number of aliphatic hydroxyl groups excluding tert-OH is 3. The van der Waals surface area contributed by atoms with Gasteiger partial charge in [0.25, 0.3) is 0 Å². The second kappa shape index (κ2) is 13.3. The molecule has 0 aromatic rings. The Balaban J connectivity index is -0.00000280. The molecule has 32 heavy (non-hydrogen) atoms. The van der Waals surface area contributed by atoms with Crippen LogP contribution in [0.2, 0.25) is 0 Å². The van der Waals surface area contributed by atoms with Crippen LogP contribution in [0.4, 0.5) is 0 Å². The first-order chi connectivity index (χ1) is 12.9. The highest BCUT2D eigenvalue weighted by Gasteiger charge is 2.64. The molecule has 18 nitrogen and oxygen atoms in total. The summed E-state index contributed by atoms with van der Waals surface area (Å²) in [5.74, 6) is 0. The summed E-state index contributed by atoms with van der Waals surface area (Å²) in [5.41, 5.74) is -2.76. The number of phosphoric acid groups is 3. The second-order valence-corrected chi connectivity index (χ2v) is 10.0. The molecule has 21 heteroatoms. The topological polar surface area (TPSA) is 366 Å². The zero-order chi connectivity index (χ0) is 22.8. The minimum Gasteiger partial charge on any atom is -0.387 e. The van der Waals surface area contributed by atoms with Gasteiger partial charge in [-0.1, -0.05) is 26.2 Å². The number of rotatable bonds is 10. The van der Waals surface area contributed by atoms with E-state index in [2.05, 4.69) is 13.6 Å². The predicted octanol–water partition coefficient (Wildman–Crippen LogP) is -1.05. The third kappa shape index (κ3) is 10.1. The Bertz CT molecular complexity index is 697. The molecule has 6 atom stereocenters. The van der Waals surface area contributed by atoms with Gasteiger partial charge in [0, 0.05) is 0 Å². The molecule has 0 aromatic heterocycles. The van der Waals surface area contributed by atoms with Crippen molar-refractivity contribution in [1.29, 1.82) is 0 Å². The molecule has 0 amide bonds. The van der Waals surface area contributed by atoms with Gasteiger partial charge in [0.05, 0.1) is 0 Å². The molecule has 0 bridgehead atoms. The monoisotopic (exact) mass is 541 g/mol. The van der Waals surface area contributed by atoms with Crippen LogP contribution in [0, 0.1) is 0 Å². The standard InChI is InChI=1S/C11H25O15P3.3H3N/c1-2-3-4-5-11(26-29(21,22)23)9(14)6(12)8(24-27(15,16)17)7(13)10(11)25-28(18,19)20;;;/h6-10,12-14H,2-5H2,1H3,(H2,15,16,17)(H2,18,19,20)(H2,21,22,23);3*1H3/t6-,7-,8+,9-,10+,11+;;;/m0.../s1. The maximum absolute atomic E-state index is 11.5. The Hall–Kier alpha value is 0.0900. The van der Waals surface area contributed by atoms with Gasteiger partial charge in [0.15, 0.2) is 0 Å². The summed E-state index contributed by atoms with van der Waals surface area (Å²) in [5, 5.41) is 31.1. The van der Waals surface area contributed by atoms with E-state index >= 15 is 0 Å². The fraction of sp³-hybridized carbons (Fsp3) is 1.00. The van der Waals surface area contributed by atoms with Crippen molar-refractivity contribution in [3.8, 4) is 0 Å². The van der Waals surface area contributed by atoms with Crippen molar-refractivity contribution in [2.45, 2.75) is 68.7 Å². The summed E-state index contributed by atoms with van der Waals surface area (Å²) in [6.07, 6.45) is -11.7. The van der Waals surface area contributed by atoms with Gasteiger partial charge in [-0.2, -0.15) is 0 Å². The first-order valence-electron chi connectivity index (χ1n) is 8.22. The van der Waals surface area contributed by atoms with Gasteiger partial charge < -0.3 is 63.1 Å². The summed E-state index contributed by atoms with van der Waals surface area (Å²) in [7, 11) is -16.4. The molecule has 1 saturated carbocycles. The van der Waals surface area contributed by atoms with E-state index in [1.54, 1.807) is 6.92 Å². The average Bonchev–Trinajstić information content (AvgIpc) is 2.51. The van der Waals surface area contributed by atoms with Gasteiger partial charge in [-0.3, -0.25) is 13.6 Å². The molecular formula is C11H34N3O15P3.